The zero-order chi connectivity index (χ0) is 21.7. The summed E-state index contributed by atoms with van der Waals surface area (Å²) in [7, 11) is -3.90. The Labute approximate surface area is 174 Å². The zero-order valence-corrected chi connectivity index (χ0v) is 17.6. The summed E-state index contributed by atoms with van der Waals surface area (Å²) >= 11 is 0. The van der Waals surface area contributed by atoms with E-state index in [1.807, 2.05) is 18.2 Å². The van der Waals surface area contributed by atoms with Crippen LogP contribution in [0.15, 0.2) is 71.6 Å². The molecule has 2 aromatic rings. The maximum absolute atomic E-state index is 13.7. The summed E-state index contributed by atoms with van der Waals surface area (Å²) in [5.41, 5.74) is 7.80. The van der Waals surface area contributed by atoms with Gasteiger partial charge in [0.05, 0.1) is 19.1 Å². The number of ether oxygens (including phenoxy) is 1. The van der Waals surface area contributed by atoms with Crippen molar-refractivity contribution < 1.29 is 22.7 Å². The summed E-state index contributed by atoms with van der Waals surface area (Å²) < 4.78 is 44.0. The molecule has 0 aliphatic carbocycles. The molecule has 0 radical (unpaired) electrons. The SMILES string of the molecule is CCOP(=O)(OCC)C1=C(c2ccccc2)C(c2ccc(F)cc2)C(C#N)=C(N)O1. The average molecular weight is 428 g/mol. The minimum atomic E-state index is -3.90. The number of nitrogens with zero attached hydrogens (tertiary/aromatic N) is 1. The van der Waals surface area contributed by atoms with Crippen LogP contribution in [0, 0.1) is 17.1 Å². The number of hydrogen-bond donors (Lipinski definition) is 1. The van der Waals surface area contributed by atoms with Gasteiger partial charge >= 0.3 is 7.60 Å². The van der Waals surface area contributed by atoms with Crippen LogP contribution in [0.2, 0.25) is 0 Å². The van der Waals surface area contributed by atoms with Crippen LogP contribution < -0.4 is 5.73 Å². The maximum Gasteiger partial charge on any atom is 0.396 e. The minimum Gasteiger partial charge on any atom is -0.432 e. The highest BCUT2D eigenvalue weighted by Crippen LogP contribution is 2.63. The standard InChI is InChI=1S/C22H22FN2O4P/c1-3-27-30(26,28-4-2)22-20(15-8-6-5-7-9-15)19(18(14-24)21(25)29-22)16-10-12-17(23)13-11-16/h5-13,19H,3-4,25H2,1-2H3. The van der Waals surface area contributed by atoms with Gasteiger partial charge in [0.2, 0.25) is 11.4 Å². The van der Waals surface area contributed by atoms with E-state index in [2.05, 4.69) is 6.07 Å². The molecule has 0 bridgehead atoms. The summed E-state index contributed by atoms with van der Waals surface area (Å²) in [4.78, 5) is 0. The van der Waals surface area contributed by atoms with Crippen molar-refractivity contribution >= 4 is 13.2 Å². The summed E-state index contributed by atoms with van der Waals surface area (Å²) in [5.74, 6) is -1.35. The highest BCUT2D eigenvalue weighted by atomic mass is 31.2. The van der Waals surface area contributed by atoms with Crippen LogP contribution >= 0.6 is 7.60 Å². The van der Waals surface area contributed by atoms with E-state index in [4.69, 9.17) is 19.5 Å². The van der Waals surface area contributed by atoms with Gasteiger partial charge in [-0.1, -0.05) is 42.5 Å². The maximum atomic E-state index is 13.7. The van der Waals surface area contributed by atoms with Crippen molar-refractivity contribution in [2.45, 2.75) is 19.8 Å². The van der Waals surface area contributed by atoms with Crippen LogP contribution in [0.4, 0.5) is 4.39 Å². The largest absolute Gasteiger partial charge is 0.432 e. The fraction of sp³-hybridized carbons (Fsp3) is 0.227. The molecule has 8 heteroatoms. The lowest BCUT2D eigenvalue weighted by Gasteiger charge is -2.32. The van der Waals surface area contributed by atoms with Gasteiger partial charge in [-0.15, -0.1) is 0 Å². The molecule has 1 atom stereocenters. The second kappa shape index (κ2) is 9.27. The molecule has 2 N–H and O–H groups in total. The van der Waals surface area contributed by atoms with Crippen LogP contribution in [0.5, 0.6) is 0 Å². The van der Waals surface area contributed by atoms with E-state index in [1.165, 1.54) is 12.1 Å². The lowest BCUT2D eigenvalue weighted by molar-refractivity contribution is 0.199. The number of nitrogens with two attached hydrogens (primary N) is 1. The first kappa shape index (κ1) is 21.8. The highest BCUT2D eigenvalue weighted by molar-refractivity contribution is 7.58. The van der Waals surface area contributed by atoms with E-state index in [0.717, 1.165) is 0 Å². The molecule has 0 fully saturated rings. The highest BCUT2D eigenvalue weighted by Gasteiger charge is 2.43. The van der Waals surface area contributed by atoms with Gasteiger partial charge in [-0.3, -0.25) is 4.57 Å². The molecule has 0 amide bonds. The molecule has 1 unspecified atom stereocenters. The van der Waals surface area contributed by atoms with E-state index < -0.39 is 19.3 Å². The average Bonchev–Trinajstić information content (AvgIpc) is 2.74. The summed E-state index contributed by atoms with van der Waals surface area (Å²) in [5, 5.41) is 9.81. The second-order valence-electron chi connectivity index (χ2n) is 6.39. The number of allylic oxidation sites excluding steroid dienone is 2. The molecule has 2 aromatic carbocycles. The summed E-state index contributed by atoms with van der Waals surface area (Å²) in [6.45, 7) is 3.60. The number of halogens is 1. The lowest BCUT2D eigenvalue weighted by Crippen LogP contribution is -2.21. The van der Waals surface area contributed by atoms with Gasteiger partial charge in [0.15, 0.2) is 0 Å². The van der Waals surface area contributed by atoms with E-state index in [1.54, 1.807) is 38.1 Å². The first-order valence-electron chi connectivity index (χ1n) is 9.47. The van der Waals surface area contributed by atoms with Crippen molar-refractivity contribution in [3.05, 3.63) is 88.5 Å². The van der Waals surface area contributed by atoms with Crippen molar-refractivity contribution in [3.8, 4) is 6.07 Å². The fourth-order valence-corrected chi connectivity index (χ4v) is 5.09. The van der Waals surface area contributed by atoms with Gasteiger partial charge in [0.1, 0.15) is 17.5 Å². The van der Waals surface area contributed by atoms with Crippen LogP contribution in [0.25, 0.3) is 5.57 Å². The Morgan fingerprint density at radius 1 is 1.10 bits per heavy atom. The third-order valence-electron chi connectivity index (χ3n) is 4.54. The third-order valence-corrected chi connectivity index (χ3v) is 6.56. The predicted molar refractivity (Wildman–Crippen MR) is 111 cm³/mol. The molecule has 0 aromatic heterocycles. The van der Waals surface area contributed by atoms with E-state index in [0.29, 0.717) is 16.7 Å². The monoisotopic (exact) mass is 428 g/mol. The van der Waals surface area contributed by atoms with Gasteiger partial charge < -0.3 is 19.5 Å². The molecular weight excluding hydrogens is 406 g/mol. The zero-order valence-electron chi connectivity index (χ0n) is 16.7. The molecule has 30 heavy (non-hydrogen) atoms. The number of hydrogen-bond acceptors (Lipinski definition) is 6. The van der Waals surface area contributed by atoms with Crippen LogP contribution in [-0.2, 0) is 18.3 Å². The molecule has 1 aliphatic rings. The Bertz CT molecular complexity index is 1050. The molecule has 3 rings (SSSR count). The minimum absolute atomic E-state index is 0.0665. The van der Waals surface area contributed by atoms with Gasteiger partial charge in [-0.25, -0.2) is 4.39 Å². The topological polar surface area (TPSA) is 94.6 Å². The first-order valence-corrected chi connectivity index (χ1v) is 11.0. The van der Waals surface area contributed by atoms with Crippen LogP contribution in [-0.4, -0.2) is 13.2 Å². The van der Waals surface area contributed by atoms with Crippen LogP contribution in [0.3, 0.4) is 0 Å². The number of nitriles is 1. The van der Waals surface area contributed by atoms with Crippen molar-refractivity contribution in [3.63, 3.8) is 0 Å². The Kier molecular flexibility index (Phi) is 6.73. The molecular formula is C22H22FN2O4P. The van der Waals surface area contributed by atoms with Gasteiger partial charge in [0.25, 0.3) is 0 Å². The van der Waals surface area contributed by atoms with Crippen molar-refractivity contribution in [2.24, 2.45) is 5.73 Å². The molecule has 1 heterocycles. The molecule has 156 valence electrons. The second-order valence-corrected chi connectivity index (χ2v) is 8.31. The Hall–Kier alpha value is -2.91. The Morgan fingerprint density at radius 3 is 2.23 bits per heavy atom. The van der Waals surface area contributed by atoms with Crippen molar-refractivity contribution in [1.82, 2.24) is 0 Å². The van der Waals surface area contributed by atoms with Crippen molar-refractivity contribution in [1.29, 1.82) is 5.26 Å². The molecule has 0 saturated heterocycles. The van der Waals surface area contributed by atoms with E-state index in [-0.39, 0.29) is 30.2 Å². The predicted octanol–water partition coefficient (Wildman–Crippen LogP) is 5.27. The molecule has 0 spiro atoms. The number of benzene rings is 2. The first-order chi connectivity index (χ1) is 14.4. The Balaban J connectivity index is 2.35. The fourth-order valence-electron chi connectivity index (χ4n) is 3.34. The smallest absolute Gasteiger partial charge is 0.396 e. The summed E-state index contributed by atoms with van der Waals surface area (Å²) in [6, 6.07) is 16.8. The quantitative estimate of drug-likeness (QED) is 0.604. The third kappa shape index (κ3) is 4.17. The lowest BCUT2D eigenvalue weighted by atomic mass is 9.81. The number of rotatable bonds is 7. The van der Waals surface area contributed by atoms with Crippen LogP contribution in [0.1, 0.15) is 30.9 Å². The molecule has 1 aliphatic heterocycles. The van der Waals surface area contributed by atoms with E-state index >= 15 is 0 Å². The molecule has 6 nitrogen and oxygen atoms in total. The Morgan fingerprint density at radius 2 is 1.70 bits per heavy atom. The van der Waals surface area contributed by atoms with Gasteiger partial charge in [-0.2, -0.15) is 5.26 Å². The molecule has 0 saturated carbocycles. The van der Waals surface area contributed by atoms with E-state index in [9.17, 15) is 14.2 Å². The van der Waals surface area contributed by atoms with Gasteiger partial charge in [-0.05, 0) is 37.1 Å². The van der Waals surface area contributed by atoms with Gasteiger partial charge in [0, 0.05) is 5.57 Å². The summed E-state index contributed by atoms with van der Waals surface area (Å²) in [6.07, 6.45) is 0. The normalized spacial score (nSPS) is 16.9. The van der Waals surface area contributed by atoms with Crippen molar-refractivity contribution in [2.75, 3.05) is 13.2 Å².